The van der Waals surface area contributed by atoms with Crippen LogP contribution in [0.4, 0.5) is 0 Å². The maximum absolute atomic E-state index is 5.72. The van der Waals surface area contributed by atoms with Crippen LogP contribution in [-0.4, -0.2) is 18.8 Å². The van der Waals surface area contributed by atoms with Gasteiger partial charge in [0.15, 0.2) is 0 Å². The minimum Gasteiger partial charge on any atom is -0.494 e. The van der Waals surface area contributed by atoms with Crippen molar-refractivity contribution < 1.29 is 9.47 Å². The van der Waals surface area contributed by atoms with Crippen LogP contribution in [0.15, 0.2) is 24.3 Å². The van der Waals surface area contributed by atoms with E-state index in [1.165, 1.54) is 0 Å². The first-order chi connectivity index (χ1) is 7.61. The first-order valence-corrected chi connectivity index (χ1v) is 5.73. The highest BCUT2D eigenvalue weighted by molar-refractivity contribution is 5.30. The zero-order chi connectivity index (χ0) is 11.6. The summed E-state index contributed by atoms with van der Waals surface area (Å²) in [5.41, 5.74) is 1.17. The minimum absolute atomic E-state index is 0.0181. The van der Waals surface area contributed by atoms with Gasteiger partial charge in [0.25, 0.3) is 0 Å². The van der Waals surface area contributed by atoms with E-state index in [4.69, 9.17) is 9.47 Å². The Balaban J connectivity index is 2.12. The van der Waals surface area contributed by atoms with Gasteiger partial charge in [-0.05, 0) is 38.5 Å². The number of benzene rings is 1. The van der Waals surface area contributed by atoms with Gasteiger partial charge >= 0.3 is 0 Å². The molecule has 0 amide bonds. The molecule has 1 N–H and O–H groups in total. The lowest BCUT2D eigenvalue weighted by molar-refractivity contribution is 0.0987. The molecule has 88 valence electrons. The van der Waals surface area contributed by atoms with Gasteiger partial charge in [0.05, 0.1) is 13.2 Å². The van der Waals surface area contributed by atoms with E-state index in [2.05, 4.69) is 25.2 Å². The first kappa shape index (κ1) is 11.4. The minimum atomic E-state index is -0.0181. The average Bonchev–Trinajstić information content (AvgIpc) is 2.60. The lowest BCUT2D eigenvalue weighted by Crippen LogP contribution is -2.35. The number of nitrogens with one attached hydrogen (secondary N) is 1. The molecule has 0 spiro atoms. The van der Waals surface area contributed by atoms with Gasteiger partial charge in [-0.25, -0.2) is 0 Å². The number of rotatable bonds is 3. The van der Waals surface area contributed by atoms with E-state index in [1.54, 1.807) is 0 Å². The van der Waals surface area contributed by atoms with Crippen LogP contribution >= 0.6 is 0 Å². The molecule has 3 heteroatoms. The number of hydrogen-bond acceptors (Lipinski definition) is 3. The van der Waals surface area contributed by atoms with Gasteiger partial charge in [0.1, 0.15) is 12.0 Å². The van der Waals surface area contributed by atoms with Crippen LogP contribution in [0.3, 0.4) is 0 Å². The van der Waals surface area contributed by atoms with Crippen LogP contribution in [0.1, 0.15) is 32.6 Å². The molecule has 16 heavy (non-hydrogen) atoms. The van der Waals surface area contributed by atoms with Crippen LogP contribution < -0.4 is 10.1 Å². The van der Waals surface area contributed by atoms with E-state index in [0.29, 0.717) is 6.61 Å². The molecular weight excluding hydrogens is 202 g/mol. The maximum Gasteiger partial charge on any atom is 0.135 e. The van der Waals surface area contributed by atoms with E-state index >= 15 is 0 Å². The van der Waals surface area contributed by atoms with E-state index < -0.39 is 0 Å². The fourth-order valence-corrected chi connectivity index (χ4v) is 1.84. The van der Waals surface area contributed by atoms with Crippen LogP contribution in [-0.2, 0) is 4.74 Å². The van der Waals surface area contributed by atoms with Crippen molar-refractivity contribution in [2.75, 3.05) is 13.2 Å². The van der Waals surface area contributed by atoms with Gasteiger partial charge in [-0.1, -0.05) is 12.1 Å². The Morgan fingerprint density at radius 2 is 2.31 bits per heavy atom. The largest absolute Gasteiger partial charge is 0.494 e. The number of hydrogen-bond donors (Lipinski definition) is 1. The van der Waals surface area contributed by atoms with Crippen LogP contribution in [0, 0.1) is 0 Å². The van der Waals surface area contributed by atoms with E-state index in [9.17, 15) is 0 Å². The summed E-state index contributed by atoms with van der Waals surface area (Å²) in [7, 11) is 0. The molecule has 0 aliphatic carbocycles. The summed E-state index contributed by atoms with van der Waals surface area (Å²) < 4.78 is 11.2. The topological polar surface area (TPSA) is 30.5 Å². The predicted molar refractivity (Wildman–Crippen MR) is 63.5 cm³/mol. The Bertz CT molecular complexity index is 363. The molecule has 1 aliphatic rings. The second-order valence-corrected chi connectivity index (χ2v) is 4.72. The normalized spacial score (nSPS) is 23.3. The summed E-state index contributed by atoms with van der Waals surface area (Å²) in [6.07, 6.45) is -0.0181. The van der Waals surface area contributed by atoms with E-state index in [1.807, 2.05) is 25.1 Å². The Morgan fingerprint density at radius 1 is 1.50 bits per heavy atom. The third-order valence-electron chi connectivity index (χ3n) is 2.60. The average molecular weight is 221 g/mol. The molecule has 1 atom stereocenters. The van der Waals surface area contributed by atoms with Crippen molar-refractivity contribution in [2.24, 2.45) is 0 Å². The summed E-state index contributed by atoms with van der Waals surface area (Å²) in [6.45, 7) is 7.68. The zero-order valence-electron chi connectivity index (χ0n) is 10.1. The van der Waals surface area contributed by atoms with Crippen molar-refractivity contribution in [2.45, 2.75) is 32.5 Å². The quantitative estimate of drug-likeness (QED) is 0.850. The first-order valence-electron chi connectivity index (χ1n) is 5.73. The molecule has 1 heterocycles. The summed E-state index contributed by atoms with van der Waals surface area (Å²) in [5, 5.41) is 3.44. The highest BCUT2D eigenvalue weighted by Crippen LogP contribution is 2.27. The zero-order valence-corrected chi connectivity index (χ0v) is 10.1. The van der Waals surface area contributed by atoms with Gasteiger partial charge in [-0.3, -0.25) is 5.32 Å². The Labute approximate surface area is 96.8 Å². The second-order valence-electron chi connectivity index (χ2n) is 4.72. The summed E-state index contributed by atoms with van der Waals surface area (Å²) in [6, 6.07) is 8.05. The second kappa shape index (κ2) is 4.44. The van der Waals surface area contributed by atoms with Gasteiger partial charge in [-0.15, -0.1) is 0 Å². The predicted octanol–water partition coefficient (Wildman–Crippen LogP) is 2.48. The molecule has 2 rings (SSSR count). The van der Waals surface area contributed by atoms with Crippen molar-refractivity contribution in [3.8, 4) is 5.75 Å². The lowest BCUT2D eigenvalue weighted by atomic mass is 10.1. The van der Waals surface area contributed by atoms with Crippen molar-refractivity contribution in [1.82, 2.24) is 5.32 Å². The Hall–Kier alpha value is -1.06. The maximum atomic E-state index is 5.72. The summed E-state index contributed by atoms with van der Waals surface area (Å²) in [5.74, 6) is 0.898. The molecule has 1 aromatic carbocycles. The molecule has 1 aliphatic heterocycles. The third kappa shape index (κ3) is 2.54. The Kier molecular flexibility index (Phi) is 3.17. The van der Waals surface area contributed by atoms with Crippen LogP contribution in [0.25, 0.3) is 0 Å². The van der Waals surface area contributed by atoms with Crippen LogP contribution in [0.5, 0.6) is 5.75 Å². The van der Waals surface area contributed by atoms with Gasteiger partial charge < -0.3 is 9.47 Å². The fraction of sp³-hybridized carbons (Fsp3) is 0.538. The molecule has 1 aromatic rings. The van der Waals surface area contributed by atoms with Crippen LogP contribution in [0.2, 0.25) is 0 Å². The standard InChI is InChI=1S/C13H19NO2/c1-4-15-11-7-5-6-10(8-11)12-14-13(2,3)9-16-12/h5-8,12,14H,4,9H2,1-3H3. The van der Waals surface area contributed by atoms with Gasteiger partial charge in [-0.2, -0.15) is 0 Å². The summed E-state index contributed by atoms with van der Waals surface area (Å²) in [4.78, 5) is 0. The fourth-order valence-electron chi connectivity index (χ4n) is 1.84. The van der Waals surface area contributed by atoms with Gasteiger partial charge in [0, 0.05) is 5.54 Å². The summed E-state index contributed by atoms with van der Waals surface area (Å²) >= 11 is 0. The number of ether oxygens (including phenoxy) is 2. The van der Waals surface area contributed by atoms with Gasteiger partial charge in [0.2, 0.25) is 0 Å². The van der Waals surface area contributed by atoms with Crippen molar-refractivity contribution in [1.29, 1.82) is 0 Å². The Morgan fingerprint density at radius 3 is 2.94 bits per heavy atom. The van der Waals surface area contributed by atoms with E-state index in [-0.39, 0.29) is 11.8 Å². The molecule has 0 saturated carbocycles. The smallest absolute Gasteiger partial charge is 0.135 e. The highest BCUT2D eigenvalue weighted by atomic mass is 16.5. The molecule has 0 bridgehead atoms. The monoisotopic (exact) mass is 221 g/mol. The van der Waals surface area contributed by atoms with Crippen molar-refractivity contribution in [3.63, 3.8) is 0 Å². The van der Waals surface area contributed by atoms with Crippen molar-refractivity contribution in [3.05, 3.63) is 29.8 Å². The molecule has 1 saturated heterocycles. The molecule has 0 radical (unpaired) electrons. The molecule has 1 unspecified atom stereocenters. The molecule has 1 fully saturated rings. The van der Waals surface area contributed by atoms with E-state index in [0.717, 1.165) is 17.9 Å². The third-order valence-corrected chi connectivity index (χ3v) is 2.60. The lowest BCUT2D eigenvalue weighted by Gasteiger charge is -2.17. The molecular formula is C13H19NO2. The SMILES string of the molecule is CCOc1cccc(C2NC(C)(C)CO2)c1. The highest BCUT2D eigenvalue weighted by Gasteiger charge is 2.31. The molecule has 3 nitrogen and oxygen atoms in total. The molecule has 0 aromatic heterocycles. The van der Waals surface area contributed by atoms with Crippen molar-refractivity contribution >= 4 is 0 Å².